The van der Waals surface area contributed by atoms with Crippen LogP contribution >= 0.6 is 0 Å². The number of carbonyl (C=O) groups excluding carboxylic acids is 1. The molecule has 2 rings (SSSR count). The molecule has 0 aromatic heterocycles. The normalized spacial score (nSPS) is 10.7. The van der Waals surface area contributed by atoms with E-state index in [0.29, 0.717) is 11.5 Å². The molecule has 24 heavy (non-hydrogen) atoms. The second-order valence-electron chi connectivity index (χ2n) is 4.90. The molecule has 6 heteroatoms. The maximum atomic E-state index is 13.5. The van der Waals surface area contributed by atoms with Crippen LogP contribution < -0.4 is 14.8 Å². The van der Waals surface area contributed by atoms with Gasteiger partial charge in [0.1, 0.15) is 11.6 Å². The number of ether oxygens (including phenoxy) is 2. The molecule has 2 aromatic carbocycles. The minimum atomic E-state index is -0.569. The van der Waals surface area contributed by atoms with Crippen molar-refractivity contribution < 1.29 is 23.0 Å². The first kappa shape index (κ1) is 17.5. The Bertz CT molecular complexity index is 760. The van der Waals surface area contributed by atoms with Gasteiger partial charge >= 0.3 is 0 Å². The van der Waals surface area contributed by atoms with E-state index in [1.54, 1.807) is 24.3 Å². The molecule has 1 amide bonds. The van der Waals surface area contributed by atoms with Crippen molar-refractivity contribution >= 4 is 12.0 Å². The summed E-state index contributed by atoms with van der Waals surface area (Å²) in [5.41, 5.74) is 0.822. The van der Waals surface area contributed by atoms with E-state index in [9.17, 15) is 13.6 Å². The molecule has 0 aliphatic heterocycles. The Morgan fingerprint density at radius 2 is 1.83 bits per heavy atom. The molecular weight excluding hydrogens is 316 g/mol. The van der Waals surface area contributed by atoms with Crippen molar-refractivity contribution in [3.63, 3.8) is 0 Å². The lowest BCUT2D eigenvalue weighted by Crippen LogP contribution is -2.21. The minimum Gasteiger partial charge on any atom is -0.493 e. The van der Waals surface area contributed by atoms with Crippen LogP contribution in [0.5, 0.6) is 11.5 Å². The average molecular weight is 333 g/mol. The molecule has 0 atom stereocenters. The van der Waals surface area contributed by atoms with E-state index < -0.39 is 17.5 Å². The Hall–Kier alpha value is -2.89. The monoisotopic (exact) mass is 333 g/mol. The van der Waals surface area contributed by atoms with Gasteiger partial charge in [0, 0.05) is 18.2 Å². The molecule has 126 valence electrons. The van der Waals surface area contributed by atoms with Gasteiger partial charge in [0.15, 0.2) is 11.5 Å². The molecular formula is C18H17F2NO3. The molecule has 0 radical (unpaired) electrons. The summed E-state index contributed by atoms with van der Waals surface area (Å²) in [5, 5.41) is 2.50. The zero-order chi connectivity index (χ0) is 17.5. The van der Waals surface area contributed by atoms with Crippen molar-refractivity contribution in [1.82, 2.24) is 5.32 Å². The molecule has 0 unspecified atom stereocenters. The fourth-order valence-corrected chi connectivity index (χ4v) is 2.05. The Balaban J connectivity index is 1.99. The predicted octanol–water partition coefficient (Wildman–Crippen LogP) is 3.31. The van der Waals surface area contributed by atoms with Crippen molar-refractivity contribution in [3.05, 3.63) is 65.2 Å². The fraction of sp³-hybridized carbons (Fsp3) is 0.167. The zero-order valence-corrected chi connectivity index (χ0v) is 13.3. The van der Waals surface area contributed by atoms with Gasteiger partial charge < -0.3 is 14.8 Å². The van der Waals surface area contributed by atoms with Gasteiger partial charge in [-0.15, -0.1) is 0 Å². The number of benzene rings is 2. The maximum Gasteiger partial charge on any atom is 0.244 e. The second-order valence-corrected chi connectivity index (χ2v) is 4.90. The molecule has 0 bridgehead atoms. The van der Waals surface area contributed by atoms with Crippen molar-refractivity contribution in [2.24, 2.45) is 0 Å². The minimum absolute atomic E-state index is 0.0860. The van der Waals surface area contributed by atoms with Gasteiger partial charge in [0.2, 0.25) is 5.91 Å². The summed E-state index contributed by atoms with van der Waals surface area (Å²) in [6.07, 6.45) is 2.89. The highest BCUT2D eigenvalue weighted by atomic mass is 19.1. The molecule has 2 aromatic rings. The van der Waals surface area contributed by atoms with Gasteiger partial charge in [-0.2, -0.15) is 0 Å². The van der Waals surface area contributed by atoms with Gasteiger partial charge in [-0.05, 0) is 42.0 Å². The Labute approximate surface area is 138 Å². The zero-order valence-electron chi connectivity index (χ0n) is 13.3. The summed E-state index contributed by atoms with van der Waals surface area (Å²) < 4.78 is 36.8. The molecule has 4 nitrogen and oxygen atoms in total. The molecule has 0 aliphatic rings. The summed E-state index contributed by atoms with van der Waals surface area (Å²) >= 11 is 0. The molecule has 0 aliphatic carbocycles. The predicted molar refractivity (Wildman–Crippen MR) is 86.8 cm³/mol. The van der Waals surface area contributed by atoms with E-state index in [1.807, 2.05) is 0 Å². The molecule has 0 saturated carbocycles. The van der Waals surface area contributed by atoms with Crippen molar-refractivity contribution in [3.8, 4) is 11.5 Å². The standard InChI is InChI=1S/C18H17F2NO3/c1-23-16-7-3-12(9-17(16)24-2)4-8-18(22)21-11-13-10-14(19)5-6-15(13)20/h3-10H,11H2,1-2H3,(H,21,22)/b8-4+. The van der Waals surface area contributed by atoms with E-state index in [2.05, 4.69) is 5.32 Å². The van der Waals surface area contributed by atoms with Crippen LogP contribution in [0.2, 0.25) is 0 Å². The Morgan fingerprint density at radius 3 is 2.54 bits per heavy atom. The number of halogens is 2. The van der Waals surface area contributed by atoms with Crippen molar-refractivity contribution in [2.75, 3.05) is 14.2 Å². The summed E-state index contributed by atoms with van der Waals surface area (Å²) in [6, 6.07) is 8.30. The first-order chi connectivity index (χ1) is 11.5. The summed E-state index contributed by atoms with van der Waals surface area (Å²) in [4.78, 5) is 11.8. The molecule has 0 saturated heterocycles. The average Bonchev–Trinajstić information content (AvgIpc) is 2.60. The summed E-state index contributed by atoms with van der Waals surface area (Å²) in [7, 11) is 3.05. The SMILES string of the molecule is COc1ccc(/C=C/C(=O)NCc2cc(F)ccc2F)cc1OC. The first-order valence-electron chi connectivity index (χ1n) is 7.15. The highest BCUT2D eigenvalue weighted by molar-refractivity contribution is 5.91. The van der Waals surface area contributed by atoms with Crippen molar-refractivity contribution in [2.45, 2.75) is 6.54 Å². The van der Waals surface area contributed by atoms with Crippen LogP contribution in [0.3, 0.4) is 0 Å². The molecule has 0 fully saturated rings. The highest BCUT2D eigenvalue weighted by Crippen LogP contribution is 2.27. The summed E-state index contributed by atoms with van der Waals surface area (Å²) in [6.45, 7) is -0.0985. The second kappa shape index (κ2) is 8.10. The number of rotatable bonds is 6. The van der Waals surface area contributed by atoms with Crippen LogP contribution in [-0.2, 0) is 11.3 Å². The molecule has 0 spiro atoms. The fourth-order valence-electron chi connectivity index (χ4n) is 2.05. The van der Waals surface area contributed by atoms with Gasteiger partial charge in [-0.1, -0.05) is 6.07 Å². The van der Waals surface area contributed by atoms with Gasteiger partial charge in [-0.3, -0.25) is 4.79 Å². The number of methoxy groups -OCH3 is 2. The number of nitrogens with one attached hydrogen (secondary N) is 1. The third kappa shape index (κ3) is 4.55. The van der Waals surface area contributed by atoms with E-state index in [1.165, 1.54) is 20.3 Å². The van der Waals surface area contributed by atoms with E-state index in [0.717, 1.165) is 23.8 Å². The highest BCUT2D eigenvalue weighted by Gasteiger charge is 2.06. The van der Waals surface area contributed by atoms with Gasteiger partial charge in [0.25, 0.3) is 0 Å². The van der Waals surface area contributed by atoms with E-state index in [-0.39, 0.29) is 12.1 Å². The largest absolute Gasteiger partial charge is 0.493 e. The third-order valence-electron chi connectivity index (χ3n) is 3.30. The van der Waals surface area contributed by atoms with Crippen LogP contribution in [0.4, 0.5) is 8.78 Å². The van der Waals surface area contributed by atoms with Gasteiger partial charge in [-0.25, -0.2) is 8.78 Å². The van der Waals surface area contributed by atoms with Crippen LogP contribution in [0, 0.1) is 11.6 Å². The lowest BCUT2D eigenvalue weighted by molar-refractivity contribution is -0.116. The van der Waals surface area contributed by atoms with Crippen molar-refractivity contribution in [1.29, 1.82) is 0 Å². The van der Waals surface area contributed by atoms with E-state index >= 15 is 0 Å². The summed E-state index contributed by atoms with van der Waals surface area (Å²) in [5.74, 6) is -0.418. The lowest BCUT2D eigenvalue weighted by Gasteiger charge is -2.07. The number of hydrogen-bond donors (Lipinski definition) is 1. The quantitative estimate of drug-likeness (QED) is 0.825. The number of amides is 1. The van der Waals surface area contributed by atoms with Crippen LogP contribution in [0.15, 0.2) is 42.5 Å². The third-order valence-corrected chi connectivity index (χ3v) is 3.30. The molecule has 0 heterocycles. The number of carbonyl (C=O) groups is 1. The van der Waals surface area contributed by atoms with Crippen LogP contribution in [-0.4, -0.2) is 20.1 Å². The van der Waals surface area contributed by atoms with E-state index in [4.69, 9.17) is 9.47 Å². The smallest absolute Gasteiger partial charge is 0.244 e. The first-order valence-corrected chi connectivity index (χ1v) is 7.15. The lowest BCUT2D eigenvalue weighted by atomic mass is 10.2. The Kier molecular flexibility index (Phi) is 5.89. The van der Waals surface area contributed by atoms with Crippen LogP contribution in [0.1, 0.15) is 11.1 Å². The maximum absolute atomic E-state index is 13.5. The van der Waals surface area contributed by atoms with Gasteiger partial charge in [0.05, 0.1) is 14.2 Å². The van der Waals surface area contributed by atoms with Crippen LogP contribution in [0.25, 0.3) is 6.08 Å². The number of hydrogen-bond acceptors (Lipinski definition) is 3. The Morgan fingerprint density at radius 1 is 1.08 bits per heavy atom. The molecule has 1 N–H and O–H groups in total. The topological polar surface area (TPSA) is 47.6 Å².